The monoisotopic (exact) mass is 502 g/mol. The number of fused-ring (bicyclic) bond motifs is 2. The first-order chi connectivity index (χ1) is 17.5. The second kappa shape index (κ2) is 8.95. The Morgan fingerprint density at radius 1 is 1.16 bits per heavy atom. The summed E-state index contributed by atoms with van der Waals surface area (Å²) >= 11 is 0. The highest BCUT2D eigenvalue weighted by Crippen LogP contribution is 2.45. The predicted octanol–water partition coefficient (Wildman–Crippen LogP) is 3.55. The van der Waals surface area contributed by atoms with Gasteiger partial charge in [-0.2, -0.15) is 5.10 Å². The van der Waals surface area contributed by atoms with Crippen molar-refractivity contribution in [2.75, 3.05) is 20.2 Å². The molecule has 1 saturated heterocycles. The first-order valence-corrected chi connectivity index (χ1v) is 11.9. The number of methoxy groups -OCH3 is 1. The Morgan fingerprint density at radius 3 is 2.62 bits per heavy atom. The number of aromatic nitrogens is 4. The van der Waals surface area contributed by atoms with Crippen molar-refractivity contribution in [2.45, 2.75) is 33.0 Å². The van der Waals surface area contributed by atoms with Crippen molar-refractivity contribution in [3.63, 3.8) is 0 Å². The summed E-state index contributed by atoms with van der Waals surface area (Å²) in [5.74, 6) is 0.373. The Balaban J connectivity index is 0.00000280. The fourth-order valence-electron chi connectivity index (χ4n) is 5.44. The highest BCUT2D eigenvalue weighted by atomic mass is 16.5. The lowest BCUT2D eigenvalue weighted by molar-refractivity contribution is -0.00599. The number of aryl methyl sites for hydroxylation is 2. The van der Waals surface area contributed by atoms with E-state index in [9.17, 15) is 9.59 Å². The van der Waals surface area contributed by atoms with E-state index >= 15 is 0 Å². The molecule has 1 atom stereocenters. The molecule has 10 nitrogen and oxygen atoms in total. The van der Waals surface area contributed by atoms with Gasteiger partial charge in [-0.25, -0.2) is 0 Å². The third kappa shape index (κ3) is 3.54. The summed E-state index contributed by atoms with van der Waals surface area (Å²) in [6, 6.07) is 9.47. The zero-order valence-electron chi connectivity index (χ0n) is 20.3. The molecule has 2 aliphatic heterocycles. The third-order valence-corrected chi connectivity index (χ3v) is 7.24. The van der Waals surface area contributed by atoms with Gasteiger partial charge in [0.25, 0.3) is 11.8 Å². The van der Waals surface area contributed by atoms with E-state index in [0.717, 1.165) is 16.7 Å². The summed E-state index contributed by atoms with van der Waals surface area (Å²) in [5.41, 5.74) is 3.27. The normalized spacial score (nSPS) is 18.4. The van der Waals surface area contributed by atoms with Crippen LogP contribution in [0, 0.1) is 0 Å². The first kappa shape index (κ1) is 24.4. The number of carbonyl (C=O) groups is 2. The fourth-order valence-corrected chi connectivity index (χ4v) is 5.44. The standard InChI is InChI=1S/C26H26N6O4.CH4/c1-4-22-21(15-36-28-22)24(33)31-9-10-32-25(34)23-11-17(18-12-27-29(2)13-18)14-30(23)16-26(31,32)19-5-7-20(35-3)8-6-19;/h5-8,11-15H,4,9-10,16H2,1-3H3;1H4. The zero-order valence-corrected chi connectivity index (χ0v) is 20.3. The zero-order chi connectivity index (χ0) is 25.0. The van der Waals surface area contributed by atoms with Crippen LogP contribution in [-0.4, -0.2) is 61.3 Å². The van der Waals surface area contributed by atoms with Crippen molar-refractivity contribution < 1.29 is 18.8 Å². The maximum Gasteiger partial charge on any atom is 0.272 e. The molecule has 192 valence electrons. The van der Waals surface area contributed by atoms with Crippen LogP contribution in [0.15, 0.2) is 59.7 Å². The van der Waals surface area contributed by atoms with Crippen LogP contribution in [0.3, 0.4) is 0 Å². The van der Waals surface area contributed by atoms with E-state index in [2.05, 4.69) is 10.3 Å². The molecule has 1 unspecified atom stereocenters. The first-order valence-electron chi connectivity index (χ1n) is 11.9. The van der Waals surface area contributed by atoms with Gasteiger partial charge in [0.1, 0.15) is 23.3 Å². The molecule has 0 saturated carbocycles. The van der Waals surface area contributed by atoms with E-state index in [1.165, 1.54) is 6.26 Å². The lowest BCUT2D eigenvalue weighted by atomic mass is 9.93. The van der Waals surface area contributed by atoms with Crippen molar-refractivity contribution in [3.8, 4) is 16.9 Å². The molecular weight excluding hydrogens is 472 g/mol. The average Bonchev–Trinajstić information content (AvgIpc) is 3.68. The molecule has 0 spiro atoms. The van der Waals surface area contributed by atoms with Crippen LogP contribution < -0.4 is 4.74 Å². The van der Waals surface area contributed by atoms with Gasteiger partial charge in [-0.3, -0.25) is 14.3 Å². The average molecular weight is 503 g/mol. The number of rotatable bonds is 5. The third-order valence-electron chi connectivity index (χ3n) is 7.24. The summed E-state index contributed by atoms with van der Waals surface area (Å²) < 4.78 is 14.2. The summed E-state index contributed by atoms with van der Waals surface area (Å²) in [6.45, 7) is 3.13. The van der Waals surface area contributed by atoms with Gasteiger partial charge in [0.2, 0.25) is 0 Å². The van der Waals surface area contributed by atoms with Crippen LogP contribution in [0.1, 0.15) is 46.5 Å². The maximum atomic E-state index is 13.9. The summed E-state index contributed by atoms with van der Waals surface area (Å²) in [7, 11) is 3.47. The van der Waals surface area contributed by atoms with E-state index in [1.54, 1.807) is 22.9 Å². The molecule has 1 aromatic carbocycles. The number of ether oxygens (including phenoxy) is 1. The van der Waals surface area contributed by atoms with Crippen LogP contribution in [0.2, 0.25) is 0 Å². The predicted molar refractivity (Wildman–Crippen MR) is 136 cm³/mol. The molecule has 37 heavy (non-hydrogen) atoms. The molecule has 5 heterocycles. The van der Waals surface area contributed by atoms with Crippen molar-refractivity contribution >= 4 is 11.8 Å². The Morgan fingerprint density at radius 2 is 1.95 bits per heavy atom. The highest BCUT2D eigenvalue weighted by molar-refractivity contribution is 5.99. The molecule has 4 aromatic rings. The SMILES string of the molecule is C.CCc1nocc1C(=O)N1CCN2C(=O)c3cc(-c4cnn(C)c4)cn3CC12c1ccc(OC)cc1. The number of carbonyl (C=O) groups excluding carboxylic acids is 2. The molecule has 0 radical (unpaired) electrons. The molecule has 10 heteroatoms. The largest absolute Gasteiger partial charge is 0.497 e. The molecule has 0 bridgehead atoms. The van der Waals surface area contributed by atoms with E-state index in [0.29, 0.717) is 48.8 Å². The van der Waals surface area contributed by atoms with Gasteiger partial charge in [-0.1, -0.05) is 31.6 Å². The second-order valence-electron chi connectivity index (χ2n) is 9.13. The van der Waals surface area contributed by atoms with Gasteiger partial charge in [0.15, 0.2) is 5.66 Å². The molecule has 3 aromatic heterocycles. The topological polar surface area (TPSA) is 98.6 Å². The van der Waals surface area contributed by atoms with E-state index in [4.69, 9.17) is 9.26 Å². The van der Waals surface area contributed by atoms with E-state index < -0.39 is 5.66 Å². The summed E-state index contributed by atoms with van der Waals surface area (Å²) in [5, 5.41) is 8.27. The van der Waals surface area contributed by atoms with Crippen molar-refractivity contribution in [2.24, 2.45) is 7.05 Å². The van der Waals surface area contributed by atoms with Crippen LogP contribution >= 0.6 is 0 Å². The smallest absolute Gasteiger partial charge is 0.272 e. The summed E-state index contributed by atoms with van der Waals surface area (Å²) in [6.07, 6.45) is 7.63. The highest BCUT2D eigenvalue weighted by Gasteiger charge is 2.56. The number of nitrogens with zero attached hydrogens (tertiary/aromatic N) is 6. The number of amides is 2. The minimum Gasteiger partial charge on any atom is -0.497 e. The van der Waals surface area contributed by atoms with Gasteiger partial charge >= 0.3 is 0 Å². The van der Waals surface area contributed by atoms with Gasteiger partial charge < -0.3 is 23.6 Å². The molecular formula is C27H30N6O4. The Hall–Kier alpha value is -4.34. The Kier molecular flexibility index (Phi) is 5.89. The van der Waals surface area contributed by atoms with Crippen LogP contribution in [-0.2, 0) is 25.7 Å². The Bertz CT molecular complexity index is 1470. The number of hydrogen-bond donors (Lipinski definition) is 0. The van der Waals surface area contributed by atoms with Crippen LogP contribution in [0.25, 0.3) is 11.1 Å². The van der Waals surface area contributed by atoms with Gasteiger partial charge in [-0.05, 0) is 24.6 Å². The van der Waals surface area contributed by atoms with Crippen molar-refractivity contribution in [1.82, 2.24) is 29.3 Å². The lowest BCUT2D eigenvalue weighted by Gasteiger charge is -2.47. The van der Waals surface area contributed by atoms with Gasteiger partial charge in [-0.15, -0.1) is 0 Å². The van der Waals surface area contributed by atoms with Crippen LogP contribution in [0.5, 0.6) is 5.75 Å². The summed E-state index contributed by atoms with van der Waals surface area (Å²) in [4.78, 5) is 31.5. The fraction of sp³-hybridized carbons (Fsp3) is 0.333. The van der Waals surface area contributed by atoms with Gasteiger partial charge in [0, 0.05) is 49.2 Å². The van der Waals surface area contributed by atoms with Crippen molar-refractivity contribution in [1.29, 1.82) is 0 Å². The maximum absolute atomic E-state index is 13.9. The van der Waals surface area contributed by atoms with E-state index in [-0.39, 0.29) is 19.2 Å². The molecule has 0 aliphatic carbocycles. The minimum atomic E-state index is -1.01. The van der Waals surface area contributed by atoms with Crippen molar-refractivity contribution in [3.05, 3.63) is 77.7 Å². The number of benzene rings is 1. The van der Waals surface area contributed by atoms with Gasteiger partial charge in [0.05, 0.1) is 25.5 Å². The molecule has 6 rings (SSSR count). The quantitative estimate of drug-likeness (QED) is 0.414. The minimum absolute atomic E-state index is 0. The second-order valence-corrected chi connectivity index (χ2v) is 9.13. The molecule has 2 amide bonds. The van der Waals surface area contributed by atoms with Crippen LogP contribution in [0.4, 0.5) is 0 Å². The molecule has 0 N–H and O–H groups in total. The molecule has 1 fully saturated rings. The number of hydrogen-bond acceptors (Lipinski definition) is 6. The Labute approximate surface area is 215 Å². The molecule has 2 aliphatic rings. The lowest BCUT2D eigenvalue weighted by Crippen LogP contribution is -2.60. The van der Waals surface area contributed by atoms with E-state index in [1.807, 2.05) is 66.2 Å².